The molecule has 4 heteroatoms. The van der Waals surface area contributed by atoms with Gasteiger partial charge in [-0.15, -0.1) is 11.8 Å². The Kier molecular flexibility index (Phi) is 4.10. The summed E-state index contributed by atoms with van der Waals surface area (Å²) in [5.74, 6) is -0.213. The average molecular weight is 275 g/mol. The first kappa shape index (κ1) is 13.9. The van der Waals surface area contributed by atoms with Gasteiger partial charge in [-0.3, -0.25) is 4.79 Å². The fraction of sp³-hybridized carbons (Fsp3) is 0.333. The summed E-state index contributed by atoms with van der Waals surface area (Å²) in [6.45, 7) is 6.22. The van der Waals surface area contributed by atoms with Crippen molar-refractivity contribution >= 4 is 28.6 Å². The quantitative estimate of drug-likeness (QED) is 0.864. The minimum Gasteiger partial charge on any atom is -0.481 e. The lowest BCUT2D eigenvalue weighted by Gasteiger charge is -2.09. The van der Waals surface area contributed by atoms with E-state index in [1.165, 1.54) is 33.8 Å². The number of nitrogens with zero attached hydrogens (tertiary/aromatic N) is 1. The van der Waals surface area contributed by atoms with E-state index < -0.39 is 5.97 Å². The molecule has 2 aromatic rings. The van der Waals surface area contributed by atoms with Gasteiger partial charge in [0.2, 0.25) is 0 Å². The molecule has 1 aromatic carbocycles. The Morgan fingerprint density at radius 1 is 1.21 bits per heavy atom. The van der Waals surface area contributed by atoms with Crippen LogP contribution in [-0.2, 0) is 4.79 Å². The fourth-order valence-corrected chi connectivity index (χ4v) is 3.03. The van der Waals surface area contributed by atoms with E-state index in [0.29, 0.717) is 5.75 Å². The van der Waals surface area contributed by atoms with Gasteiger partial charge in [0.1, 0.15) is 0 Å². The second kappa shape index (κ2) is 5.61. The maximum Gasteiger partial charge on any atom is 0.304 e. The number of aromatic nitrogens is 1. The van der Waals surface area contributed by atoms with Gasteiger partial charge < -0.3 is 5.11 Å². The number of hydrogen-bond donors (Lipinski definition) is 1. The van der Waals surface area contributed by atoms with E-state index in [2.05, 4.69) is 37.9 Å². The summed E-state index contributed by atoms with van der Waals surface area (Å²) in [6.07, 6.45) is 0.163. The number of thioether (sulfide) groups is 1. The molecular formula is C15H17NO2S. The van der Waals surface area contributed by atoms with Crippen molar-refractivity contribution in [3.8, 4) is 0 Å². The van der Waals surface area contributed by atoms with Crippen molar-refractivity contribution in [2.24, 2.45) is 0 Å². The van der Waals surface area contributed by atoms with Crippen LogP contribution in [0, 0.1) is 20.8 Å². The number of carboxylic acids is 1. The van der Waals surface area contributed by atoms with Gasteiger partial charge in [0, 0.05) is 11.1 Å². The lowest BCUT2D eigenvalue weighted by molar-refractivity contribution is -0.136. The molecule has 0 aliphatic rings. The van der Waals surface area contributed by atoms with Crippen LogP contribution in [0.1, 0.15) is 23.1 Å². The van der Waals surface area contributed by atoms with Crippen LogP contribution in [-0.4, -0.2) is 21.8 Å². The molecule has 0 aliphatic carbocycles. The molecule has 0 saturated heterocycles. The molecule has 100 valence electrons. The first-order valence-corrected chi connectivity index (χ1v) is 7.19. The van der Waals surface area contributed by atoms with Crippen LogP contribution in [0.25, 0.3) is 10.9 Å². The summed E-state index contributed by atoms with van der Waals surface area (Å²) in [4.78, 5) is 15.2. The van der Waals surface area contributed by atoms with E-state index in [1.54, 1.807) is 0 Å². The van der Waals surface area contributed by atoms with Crippen molar-refractivity contribution in [3.63, 3.8) is 0 Å². The van der Waals surface area contributed by atoms with E-state index in [0.717, 1.165) is 10.5 Å². The Bertz CT molecular complexity index is 638. The summed E-state index contributed by atoms with van der Waals surface area (Å²) in [7, 11) is 0. The number of benzene rings is 1. The summed E-state index contributed by atoms with van der Waals surface area (Å²) in [6, 6.07) is 6.31. The van der Waals surface area contributed by atoms with Crippen molar-refractivity contribution in [2.75, 3.05) is 5.75 Å². The Morgan fingerprint density at radius 2 is 1.95 bits per heavy atom. The molecular weight excluding hydrogens is 258 g/mol. The predicted octanol–water partition coefficient (Wildman–Crippen LogP) is 3.73. The molecule has 19 heavy (non-hydrogen) atoms. The molecule has 0 bridgehead atoms. The monoisotopic (exact) mass is 275 g/mol. The molecule has 1 N–H and O–H groups in total. The molecule has 1 heterocycles. The van der Waals surface area contributed by atoms with E-state index in [4.69, 9.17) is 5.11 Å². The normalized spacial score (nSPS) is 10.9. The summed E-state index contributed by atoms with van der Waals surface area (Å²) in [5, 5.41) is 10.7. The molecule has 1 aromatic heterocycles. The van der Waals surface area contributed by atoms with E-state index in [1.807, 2.05) is 6.07 Å². The van der Waals surface area contributed by atoms with E-state index in [-0.39, 0.29) is 6.42 Å². The molecule has 0 fully saturated rings. The maximum atomic E-state index is 10.5. The van der Waals surface area contributed by atoms with Crippen LogP contribution < -0.4 is 0 Å². The Labute approximate surface area is 117 Å². The zero-order valence-corrected chi connectivity index (χ0v) is 12.2. The minimum absolute atomic E-state index is 0.163. The SMILES string of the molecule is Cc1cc(C)c2nc(SCCC(=O)O)cc(C)c2c1. The number of fused-ring (bicyclic) bond motifs is 1. The molecule has 3 nitrogen and oxygen atoms in total. The van der Waals surface area contributed by atoms with Gasteiger partial charge in [-0.1, -0.05) is 11.6 Å². The number of aliphatic carboxylic acids is 1. The lowest BCUT2D eigenvalue weighted by atomic mass is 10.0. The third-order valence-corrected chi connectivity index (χ3v) is 3.91. The molecule has 0 aliphatic heterocycles. The molecule has 2 rings (SSSR count). The second-order valence-corrected chi connectivity index (χ2v) is 5.86. The summed E-state index contributed by atoms with van der Waals surface area (Å²) < 4.78 is 0. The lowest BCUT2D eigenvalue weighted by Crippen LogP contribution is -1.97. The van der Waals surface area contributed by atoms with Crippen LogP contribution >= 0.6 is 11.8 Å². The Balaban J connectivity index is 2.35. The van der Waals surface area contributed by atoms with Gasteiger partial charge in [-0.2, -0.15) is 0 Å². The predicted molar refractivity (Wildman–Crippen MR) is 78.9 cm³/mol. The Morgan fingerprint density at radius 3 is 2.63 bits per heavy atom. The highest BCUT2D eigenvalue weighted by molar-refractivity contribution is 7.99. The van der Waals surface area contributed by atoms with Crippen molar-refractivity contribution in [1.29, 1.82) is 0 Å². The van der Waals surface area contributed by atoms with Crippen molar-refractivity contribution in [2.45, 2.75) is 32.2 Å². The topological polar surface area (TPSA) is 50.2 Å². The Hall–Kier alpha value is -1.55. The first-order valence-electron chi connectivity index (χ1n) is 6.20. The zero-order valence-electron chi connectivity index (χ0n) is 11.4. The largest absolute Gasteiger partial charge is 0.481 e. The third-order valence-electron chi connectivity index (χ3n) is 3.00. The van der Waals surface area contributed by atoms with Gasteiger partial charge >= 0.3 is 5.97 Å². The van der Waals surface area contributed by atoms with Crippen LogP contribution in [0.4, 0.5) is 0 Å². The fourth-order valence-electron chi connectivity index (χ4n) is 2.13. The van der Waals surface area contributed by atoms with Gasteiger partial charge in [0.15, 0.2) is 0 Å². The third kappa shape index (κ3) is 3.26. The van der Waals surface area contributed by atoms with E-state index in [9.17, 15) is 4.79 Å². The van der Waals surface area contributed by atoms with Gasteiger partial charge in [-0.05, 0) is 44.0 Å². The molecule has 0 atom stereocenters. The van der Waals surface area contributed by atoms with Crippen LogP contribution in [0.5, 0.6) is 0 Å². The van der Waals surface area contributed by atoms with E-state index >= 15 is 0 Å². The average Bonchev–Trinajstić information content (AvgIpc) is 2.30. The maximum absolute atomic E-state index is 10.5. The number of carbonyl (C=O) groups is 1. The highest BCUT2D eigenvalue weighted by Crippen LogP contribution is 2.27. The highest BCUT2D eigenvalue weighted by Gasteiger charge is 2.07. The highest BCUT2D eigenvalue weighted by atomic mass is 32.2. The van der Waals surface area contributed by atoms with Gasteiger partial charge in [0.25, 0.3) is 0 Å². The van der Waals surface area contributed by atoms with Crippen molar-refractivity contribution < 1.29 is 9.90 Å². The number of carboxylic acid groups (broad SMARTS) is 1. The van der Waals surface area contributed by atoms with Gasteiger partial charge in [-0.25, -0.2) is 4.98 Å². The number of rotatable bonds is 4. The smallest absolute Gasteiger partial charge is 0.304 e. The van der Waals surface area contributed by atoms with Gasteiger partial charge in [0.05, 0.1) is 17.0 Å². The molecule has 0 spiro atoms. The second-order valence-electron chi connectivity index (χ2n) is 4.75. The molecule has 0 unspecified atom stereocenters. The zero-order chi connectivity index (χ0) is 14.0. The molecule has 0 radical (unpaired) electrons. The summed E-state index contributed by atoms with van der Waals surface area (Å²) in [5.41, 5.74) is 4.61. The molecule has 0 amide bonds. The van der Waals surface area contributed by atoms with Crippen molar-refractivity contribution in [3.05, 3.63) is 34.9 Å². The standard InChI is InChI=1S/C15H17NO2S/c1-9-6-11(3)15-12(7-9)10(2)8-13(16-15)19-5-4-14(17)18/h6-8H,4-5H2,1-3H3,(H,17,18). The number of hydrogen-bond acceptors (Lipinski definition) is 3. The van der Waals surface area contributed by atoms with Crippen LogP contribution in [0.2, 0.25) is 0 Å². The van der Waals surface area contributed by atoms with Crippen LogP contribution in [0.3, 0.4) is 0 Å². The first-order chi connectivity index (χ1) is 8.97. The minimum atomic E-state index is -0.767. The van der Waals surface area contributed by atoms with Crippen molar-refractivity contribution in [1.82, 2.24) is 4.98 Å². The molecule has 0 saturated carbocycles. The number of aryl methyl sites for hydroxylation is 3. The number of pyridine rings is 1. The van der Waals surface area contributed by atoms with Crippen LogP contribution in [0.15, 0.2) is 23.2 Å². The summed E-state index contributed by atoms with van der Waals surface area (Å²) >= 11 is 1.50.